The number of methoxy groups -OCH3 is 1. The highest BCUT2D eigenvalue weighted by molar-refractivity contribution is 5.87. The summed E-state index contributed by atoms with van der Waals surface area (Å²) in [6.07, 6.45) is 6.02. The van der Waals surface area contributed by atoms with Crippen LogP contribution in [0.2, 0.25) is 0 Å². The zero-order chi connectivity index (χ0) is 16.6. The van der Waals surface area contributed by atoms with E-state index in [0.29, 0.717) is 0 Å². The molecule has 0 aliphatic rings. The van der Waals surface area contributed by atoms with Gasteiger partial charge >= 0.3 is 0 Å². The number of para-hydroxylation sites is 2. The minimum absolute atomic E-state index is 0.818. The van der Waals surface area contributed by atoms with Crippen molar-refractivity contribution < 1.29 is 4.74 Å². The van der Waals surface area contributed by atoms with E-state index >= 15 is 0 Å². The molecule has 24 heavy (non-hydrogen) atoms. The SMILES string of the molecule is COc1ccccc1C=Nc1ccccc1/C=C/c1ccccc1. The summed E-state index contributed by atoms with van der Waals surface area (Å²) in [7, 11) is 1.67. The fourth-order valence-electron chi connectivity index (χ4n) is 2.41. The predicted molar refractivity (Wildman–Crippen MR) is 102 cm³/mol. The van der Waals surface area contributed by atoms with E-state index in [1.165, 1.54) is 5.56 Å². The number of aliphatic imine (C=N–C) groups is 1. The number of nitrogens with zero attached hydrogens (tertiary/aromatic N) is 1. The molecule has 0 bridgehead atoms. The summed E-state index contributed by atoms with van der Waals surface area (Å²) < 4.78 is 5.36. The first-order valence-corrected chi connectivity index (χ1v) is 7.86. The molecule has 0 aromatic heterocycles. The molecule has 0 saturated heterocycles. The monoisotopic (exact) mass is 313 g/mol. The average Bonchev–Trinajstić information content (AvgIpc) is 2.66. The van der Waals surface area contributed by atoms with Gasteiger partial charge in [-0.25, -0.2) is 0 Å². The van der Waals surface area contributed by atoms with Crippen molar-refractivity contribution in [1.82, 2.24) is 0 Å². The van der Waals surface area contributed by atoms with Gasteiger partial charge in [0.15, 0.2) is 0 Å². The Labute approximate surface area is 142 Å². The Morgan fingerprint density at radius 1 is 0.708 bits per heavy atom. The first kappa shape index (κ1) is 15.8. The Morgan fingerprint density at radius 2 is 1.38 bits per heavy atom. The van der Waals surface area contributed by atoms with E-state index in [0.717, 1.165) is 22.6 Å². The van der Waals surface area contributed by atoms with Gasteiger partial charge < -0.3 is 4.74 Å². The van der Waals surface area contributed by atoms with Gasteiger partial charge in [0.05, 0.1) is 12.8 Å². The molecule has 3 aromatic rings. The van der Waals surface area contributed by atoms with Gasteiger partial charge in [-0.05, 0) is 23.8 Å². The predicted octanol–water partition coefficient (Wildman–Crippen LogP) is 5.62. The second kappa shape index (κ2) is 7.93. The molecule has 0 radical (unpaired) electrons. The van der Waals surface area contributed by atoms with Crippen molar-refractivity contribution in [3.05, 3.63) is 95.6 Å². The van der Waals surface area contributed by atoms with Crippen LogP contribution in [-0.2, 0) is 0 Å². The zero-order valence-corrected chi connectivity index (χ0v) is 13.6. The third-order valence-corrected chi connectivity index (χ3v) is 3.67. The Bertz CT molecular complexity index is 851. The molecule has 3 rings (SSSR count). The summed E-state index contributed by atoms with van der Waals surface area (Å²) >= 11 is 0. The quantitative estimate of drug-likeness (QED) is 0.443. The van der Waals surface area contributed by atoms with Gasteiger partial charge in [-0.3, -0.25) is 4.99 Å². The van der Waals surface area contributed by atoms with E-state index in [1.807, 2.05) is 66.9 Å². The molecule has 0 aliphatic carbocycles. The Hall–Kier alpha value is -3.13. The molecule has 118 valence electrons. The molecule has 0 atom stereocenters. The first-order chi connectivity index (χ1) is 11.9. The highest BCUT2D eigenvalue weighted by atomic mass is 16.5. The van der Waals surface area contributed by atoms with Gasteiger partial charge in [0.25, 0.3) is 0 Å². The summed E-state index contributed by atoms with van der Waals surface area (Å²) in [5.74, 6) is 0.818. The van der Waals surface area contributed by atoms with E-state index in [1.54, 1.807) is 7.11 Å². The van der Waals surface area contributed by atoms with Gasteiger partial charge in [-0.1, -0.05) is 72.8 Å². The van der Waals surface area contributed by atoms with Crippen molar-refractivity contribution in [3.63, 3.8) is 0 Å². The maximum Gasteiger partial charge on any atom is 0.127 e. The molecule has 0 unspecified atom stereocenters. The molecule has 0 aliphatic heterocycles. The molecule has 0 N–H and O–H groups in total. The van der Waals surface area contributed by atoms with Crippen LogP contribution < -0.4 is 4.74 Å². The highest BCUT2D eigenvalue weighted by Gasteiger charge is 1.99. The lowest BCUT2D eigenvalue weighted by molar-refractivity contribution is 0.414. The Kier molecular flexibility index (Phi) is 5.21. The smallest absolute Gasteiger partial charge is 0.127 e. The normalized spacial score (nSPS) is 11.2. The third kappa shape index (κ3) is 3.99. The summed E-state index contributed by atoms with van der Waals surface area (Å²) in [5, 5.41) is 0. The fourth-order valence-corrected chi connectivity index (χ4v) is 2.41. The highest BCUT2D eigenvalue weighted by Crippen LogP contribution is 2.22. The Balaban J connectivity index is 1.87. The van der Waals surface area contributed by atoms with Crippen LogP contribution in [0.25, 0.3) is 12.2 Å². The van der Waals surface area contributed by atoms with Crippen LogP contribution in [0.5, 0.6) is 5.75 Å². The van der Waals surface area contributed by atoms with Crippen molar-refractivity contribution in [2.75, 3.05) is 7.11 Å². The topological polar surface area (TPSA) is 21.6 Å². The largest absolute Gasteiger partial charge is 0.496 e. The molecule has 0 fully saturated rings. The van der Waals surface area contributed by atoms with Crippen LogP contribution in [0.4, 0.5) is 5.69 Å². The van der Waals surface area contributed by atoms with Crippen molar-refractivity contribution in [3.8, 4) is 5.75 Å². The van der Waals surface area contributed by atoms with Gasteiger partial charge in [-0.2, -0.15) is 0 Å². The van der Waals surface area contributed by atoms with E-state index in [4.69, 9.17) is 4.74 Å². The van der Waals surface area contributed by atoms with Crippen LogP contribution in [0.3, 0.4) is 0 Å². The lowest BCUT2D eigenvalue weighted by Gasteiger charge is -2.04. The lowest BCUT2D eigenvalue weighted by Crippen LogP contribution is -1.89. The van der Waals surface area contributed by atoms with Crippen molar-refractivity contribution >= 4 is 24.1 Å². The molecule has 2 nitrogen and oxygen atoms in total. The maximum absolute atomic E-state index is 5.36. The fraction of sp³-hybridized carbons (Fsp3) is 0.0455. The van der Waals surface area contributed by atoms with Crippen molar-refractivity contribution in [1.29, 1.82) is 0 Å². The molecular formula is C22H19NO. The molecule has 3 aromatic carbocycles. The zero-order valence-electron chi connectivity index (χ0n) is 13.6. The second-order valence-electron chi connectivity index (χ2n) is 5.30. The maximum atomic E-state index is 5.36. The number of ether oxygens (including phenoxy) is 1. The van der Waals surface area contributed by atoms with Crippen molar-refractivity contribution in [2.24, 2.45) is 4.99 Å². The van der Waals surface area contributed by atoms with Crippen molar-refractivity contribution in [2.45, 2.75) is 0 Å². The summed E-state index contributed by atoms with van der Waals surface area (Å²) in [6, 6.07) is 26.2. The standard InChI is InChI=1S/C22H19NO/c1-24-22-14-8-6-12-20(22)17-23-21-13-7-5-11-19(21)16-15-18-9-3-2-4-10-18/h2-17H,1H3/b16-15+,23-17?. The number of hydrogen-bond acceptors (Lipinski definition) is 2. The third-order valence-electron chi connectivity index (χ3n) is 3.67. The van der Waals surface area contributed by atoms with Crippen LogP contribution in [-0.4, -0.2) is 13.3 Å². The van der Waals surface area contributed by atoms with Crippen LogP contribution in [0.15, 0.2) is 83.9 Å². The van der Waals surface area contributed by atoms with Gasteiger partial charge in [0.1, 0.15) is 5.75 Å². The molecule has 2 heteroatoms. The number of benzene rings is 3. The average molecular weight is 313 g/mol. The van der Waals surface area contributed by atoms with Gasteiger partial charge in [0.2, 0.25) is 0 Å². The molecule has 0 spiro atoms. The van der Waals surface area contributed by atoms with Crippen LogP contribution in [0.1, 0.15) is 16.7 Å². The number of hydrogen-bond donors (Lipinski definition) is 0. The lowest BCUT2D eigenvalue weighted by atomic mass is 10.1. The van der Waals surface area contributed by atoms with Crippen LogP contribution in [0, 0.1) is 0 Å². The molecule has 0 heterocycles. The van der Waals surface area contributed by atoms with E-state index in [-0.39, 0.29) is 0 Å². The first-order valence-electron chi connectivity index (χ1n) is 7.86. The Morgan fingerprint density at radius 3 is 2.17 bits per heavy atom. The van der Waals surface area contributed by atoms with E-state index in [9.17, 15) is 0 Å². The summed E-state index contributed by atoms with van der Waals surface area (Å²) in [4.78, 5) is 4.64. The summed E-state index contributed by atoms with van der Waals surface area (Å²) in [5.41, 5.74) is 4.13. The summed E-state index contributed by atoms with van der Waals surface area (Å²) in [6.45, 7) is 0. The van der Waals surface area contributed by atoms with Crippen LogP contribution >= 0.6 is 0 Å². The number of rotatable bonds is 5. The molecule has 0 saturated carbocycles. The molecular weight excluding hydrogens is 294 g/mol. The van der Waals surface area contributed by atoms with Gasteiger partial charge in [0, 0.05) is 17.3 Å². The van der Waals surface area contributed by atoms with E-state index in [2.05, 4.69) is 35.3 Å². The minimum atomic E-state index is 0.818. The second-order valence-corrected chi connectivity index (χ2v) is 5.30. The van der Waals surface area contributed by atoms with E-state index < -0.39 is 0 Å². The minimum Gasteiger partial charge on any atom is -0.496 e. The van der Waals surface area contributed by atoms with Gasteiger partial charge in [-0.15, -0.1) is 0 Å². The molecule has 0 amide bonds.